The van der Waals surface area contributed by atoms with Gasteiger partial charge in [-0.25, -0.2) is 8.42 Å². The second kappa shape index (κ2) is 5.92. The predicted molar refractivity (Wildman–Crippen MR) is 69.7 cm³/mol. The van der Waals surface area contributed by atoms with Crippen LogP contribution in [-0.4, -0.2) is 37.2 Å². The number of nitrogen functional groups attached to an aromatic ring is 1. The van der Waals surface area contributed by atoms with Gasteiger partial charge in [0, 0.05) is 36.3 Å². The van der Waals surface area contributed by atoms with E-state index < -0.39 is 15.9 Å². The third-order valence-corrected chi connectivity index (χ3v) is 3.50. The second-order valence-electron chi connectivity index (χ2n) is 4.24. The van der Waals surface area contributed by atoms with Crippen LogP contribution < -0.4 is 11.5 Å². The van der Waals surface area contributed by atoms with Crippen LogP contribution >= 0.6 is 0 Å². The first kappa shape index (κ1) is 14.6. The van der Waals surface area contributed by atoms with Gasteiger partial charge in [-0.05, 0) is 12.5 Å². The maximum atomic E-state index is 11.8. The number of rotatable bonds is 6. The van der Waals surface area contributed by atoms with E-state index in [9.17, 15) is 13.2 Å². The van der Waals surface area contributed by atoms with Gasteiger partial charge in [0.15, 0.2) is 5.78 Å². The smallest absolute Gasteiger partial charge is 0.154 e. The lowest BCUT2D eigenvalue weighted by atomic mass is 10.0. The zero-order valence-electron chi connectivity index (χ0n) is 10.2. The average molecular weight is 271 g/mol. The van der Waals surface area contributed by atoms with Gasteiger partial charge in [0.2, 0.25) is 0 Å². The number of hydrogen-bond acceptors (Lipinski definition) is 6. The van der Waals surface area contributed by atoms with E-state index in [-0.39, 0.29) is 24.4 Å². The van der Waals surface area contributed by atoms with Gasteiger partial charge in [-0.2, -0.15) is 0 Å². The first-order valence-corrected chi connectivity index (χ1v) is 7.50. The van der Waals surface area contributed by atoms with Crippen LogP contribution in [0.3, 0.4) is 0 Å². The van der Waals surface area contributed by atoms with Crippen molar-refractivity contribution >= 4 is 21.3 Å². The van der Waals surface area contributed by atoms with E-state index in [1.54, 1.807) is 6.07 Å². The monoisotopic (exact) mass is 271 g/mol. The fraction of sp³-hybridized carbons (Fsp3) is 0.455. The molecule has 7 heteroatoms. The molecule has 100 valence electrons. The fourth-order valence-electron chi connectivity index (χ4n) is 1.41. The van der Waals surface area contributed by atoms with Crippen molar-refractivity contribution in [1.82, 2.24) is 4.98 Å². The summed E-state index contributed by atoms with van der Waals surface area (Å²) in [6.07, 6.45) is 4.36. The van der Waals surface area contributed by atoms with E-state index in [0.29, 0.717) is 11.3 Å². The van der Waals surface area contributed by atoms with Gasteiger partial charge in [-0.1, -0.05) is 0 Å². The van der Waals surface area contributed by atoms with Crippen LogP contribution in [0, 0.1) is 0 Å². The second-order valence-corrected chi connectivity index (χ2v) is 6.50. The van der Waals surface area contributed by atoms with E-state index in [1.165, 1.54) is 12.4 Å². The number of hydrogen-bond donors (Lipinski definition) is 2. The van der Waals surface area contributed by atoms with Gasteiger partial charge >= 0.3 is 0 Å². The lowest BCUT2D eigenvalue weighted by molar-refractivity contribution is -0.119. The Kier molecular flexibility index (Phi) is 4.80. The largest absolute Gasteiger partial charge is 0.398 e. The molecule has 0 spiro atoms. The molecule has 0 aliphatic heterocycles. The highest BCUT2D eigenvalue weighted by atomic mass is 32.2. The lowest BCUT2D eigenvalue weighted by Crippen LogP contribution is -2.33. The minimum absolute atomic E-state index is 0.0740. The minimum atomic E-state index is -3.10. The maximum absolute atomic E-state index is 11.8. The van der Waals surface area contributed by atoms with Crippen LogP contribution in [0.2, 0.25) is 0 Å². The van der Waals surface area contributed by atoms with E-state index in [1.807, 2.05) is 0 Å². The molecule has 4 N–H and O–H groups in total. The number of nitrogens with two attached hydrogens (primary N) is 2. The number of carbonyl (C=O) groups excluding carboxylic acids is 1. The van der Waals surface area contributed by atoms with Crippen molar-refractivity contribution in [3.05, 3.63) is 24.0 Å². The number of aromatic nitrogens is 1. The summed E-state index contributed by atoms with van der Waals surface area (Å²) >= 11 is 0. The number of Topliss-reactive ketones (excluding diaryl/α,β-unsaturated/α-hetero) is 1. The van der Waals surface area contributed by atoms with Crippen LogP contribution in [0.25, 0.3) is 0 Å². The first-order chi connectivity index (χ1) is 8.29. The molecule has 0 saturated carbocycles. The van der Waals surface area contributed by atoms with Crippen molar-refractivity contribution in [3.8, 4) is 0 Å². The lowest BCUT2D eigenvalue weighted by Gasteiger charge is -2.10. The van der Waals surface area contributed by atoms with Gasteiger partial charge in [0.1, 0.15) is 9.84 Å². The first-order valence-electron chi connectivity index (χ1n) is 5.44. The molecule has 0 radical (unpaired) electrons. The number of carbonyl (C=O) groups is 1. The van der Waals surface area contributed by atoms with Gasteiger partial charge in [0.25, 0.3) is 0 Å². The van der Waals surface area contributed by atoms with Crippen molar-refractivity contribution in [1.29, 1.82) is 0 Å². The summed E-state index contributed by atoms with van der Waals surface area (Å²) in [5.74, 6) is -0.332. The number of ketones is 1. The van der Waals surface area contributed by atoms with Crippen molar-refractivity contribution in [2.45, 2.75) is 18.9 Å². The average Bonchev–Trinajstić information content (AvgIpc) is 2.28. The Labute approximate surface area is 106 Å². The van der Waals surface area contributed by atoms with Crippen molar-refractivity contribution in [2.24, 2.45) is 5.73 Å². The molecule has 0 amide bonds. The molecule has 0 aliphatic carbocycles. The minimum Gasteiger partial charge on any atom is -0.398 e. The topological polar surface area (TPSA) is 116 Å². The Balaban J connectivity index is 2.58. The molecule has 0 bridgehead atoms. The third kappa shape index (κ3) is 4.80. The molecule has 0 aliphatic rings. The standard InChI is InChI=1S/C11H17N3O3S/c1-18(16,17)5-3-10(13)11(15)6-8-7-14-4-2-9(8)12/h2,4,7,10H,3,5-6,13H2,1H3,(H2,12,14). The Morgan fingerprint density at radius 2 is 2.17 bits per heavy atom. The molecule has 1 heterocycles. The Morgan fingerprint density at radius 1 is 1.50 bits per heavy atom. The molecule has 1 rings (SSSR count). The normalized spacial score (nSPS) is 13.2. The van der Waals surface area contributed by atoms with Crippen LogP contribution in [0.4, 0.5) is 5.69 Å². The molecular weight excluding hydrogens is 254 g/mol. The van der Waals surface area contributed by atoms with E-state index in [4.69, 9.17) is 11.5 Å². The van der Waals surface area contributed by atoms with Gasteiger partial charge < -0.3 is 11.5 Å². The highest BCUT2D eigenvalue weighted by Gasteiger charge is 2.17. The van der Waals surface area contributed by atoms with Crippen LogP contribution in [0.5, 0.6) is 0 Å². The molecule has 1 unspecified atom stereocenters. The number of anilines is 1. The highest BCUT2D eigenvalue weighted by molar-refractivity contribution is 7.90. The Morgan fingerprint density at radius 3 is 2.72 bits per heavy atom. The van der Waals surface area contributed by atoms with Gasteiger partial charge in [0.05, 0.1) is 11.8 Å². The number of pyridine rings is 1. The fourth-order valence-corrected chi connectivity index (χ4v) is 2.09. The molecule has 18 heavy (non-hydrogen) atoms. The Hall–Kier alpha value is -1.47. The number of nitrogens with zero attached hydrogens (tertiary/aromatic N) is 1. The summed E-state index contributed by atoms with van der Waals surface area (Å²) in [4.78, 5) is 15.7. The van der Waals surface area contributed by atoms with Gasteiger partial charge in [-0.3, -0.25) is 9.78 Å². The van der Waals surface area contributed by atoms with E-state index >= 15 is 0 Å². The Bertz CT molecular complexity index is 528. The van der Waals surface area contributed by atoms with Gasteiger partial charge in [-0.15, -0.1) is 0 Å². The predicted octanol–water partition coefficient (Wildman–Crippen LogP) is -0.463. The van der Waals surface area contributed by atoms with Crippen LogP contribution in [0.15, 0.2) is 18.5 Å². The van der Waals surface area contributed by atoms with E-state index in [2.05, 4.69) is 4.98 Å². The summed E-state index contributed by atoms with van der Waals surface area (Å²) in [7, 11) is -3.10. The molecule has 6 nitrogen and oxygen atoms in total. The summed E-state index contributed by atoms with van der Waals surface area (Å²) in [5, 5.41) is 0. The molecule has 0 saturated heterocycles. The summed E-state index contributed by atoms with van der Waals surface area (Å²) in [6, 6.07) is 0.810. The van der Waals surface area contributed by atoms with Crippen LogP contribution in [0.1, 0.15) is 12.0 Å². The molecular formula is C11H17N3O3S. The van der Waals surface area contributed by atoms with E-state index in [0.717, 1.165) is 6.26 Å². The molecule has 1 aromatic rings. The van der Waals surface area contributed by atoms with Crippen molar-refractivity contribution < 1.29 is 13.2 Å². The molecule has 1 atom stereocenters. The maximum Gasteiger partial charge on any atom is 0.154 e. The quantitative estimate of drug-likeness (QED) is 0.723. The molecule has 0 aromatic carbocycles. The molecule has 0 fully saturated rings. The molecule has 1 aromatic heterocycles. The summed E-state index contributed by atoms with van der Waals surface area (Å²) < 4.78 is 21.9. The highest BCUT2D eigenvalue weighted by Crippen LogP contribution is 2.11. The zero-order valence-corrected chi connectivity index (χ0v) is 11.0. The van der Waals surface area contributed by atoms with Crippen molar-refractivity contribution in [2.75, 3.05) is 17.7 Å². The summed E-state index contributed by atoms with van der Waals surface area (Å²) in [6.45, 7) is 0. The van der Waals surface area contributed by atoms with Crippen LogP contribution in [-0.2, 0) is 21.1 Å². The number of sulfone groups is 1. The third-order valence-electron chi connectivity index (χ3n) is 2.52. The summed E-state index contributed by atoms with van der Waals surface area (Å²) in [5.41, 5.74) is 12.4. The SMILES string of the molecule is CS(=O)(=O)CCC(N)C(=O)Cc1cnccc1N. The van der Waals surface area contributed by atoms with Crippen molar-refractivity contribution in [3.63, 3.8) is 0 Å². The zero-order chi connectivity index (χ0) is 13.8.